The molecule has 1 aromatic heterocycles. The number of amides is 1. The lowest BCUT2D eigenvalue weighted by Crippen LogP contribution is -2.30. The minimum atomic E-state index is -0.932. The van der Waals surface area contributed by atoms with Crippen LogP contribution in [-0.2, 0) is 9.53 Å². The molecule has 0 saturated carbocycles. The Labute approximate surface area is 181 Å². The summed E-state index contributed by atoms with van der Waals surface area (Å²) in [6.07, 6.45) is -0.932. The number of hydrogen-bond donors (Lipinski definition) is 1. The summed E-state index contributed by atoms with van der Waals surface area (Å²) in [6, 6.07) is 15.6. The molecular formula is C24H26N2O3S. The van der Waals surface area contributed by atoms with Gasteiger partial charge >= 0.3 is 5.97 Å². The molecule has 156 valence electrons. The molecule has 3 aromatic rings. The van der Waals surface area contributed by atoms with Crippen molar-refractivity contribution in [1.29, 1.82) is 0 Å². The number of anilines is 1. The maximum Gasteiger partial charge on any atom is 0.351 e. The first kappa shape index (κ1) is 21.7. The van der Waals surface area contributed by atoms with Gasteiger partial charge in [-0.3, -0.25) is 4.79 Å². The van der Waals surface area contributed by atoms with Gasteiger partial charge in [-0.15, -0.1) is 11.3 Å². The molecule has 30 heavy (non-hydrogen) atoms. The fraction of sp³-hybridized carbons (Fsp3) is 0.292. The van der Waals surface area contributed by atoms with E-state index >= 15 is 0 Å². The van der Waals surface area contributed by atoms with Gasteiger partial charge in [0, 0.05) is 11.3 Å². The van der Waals surface area contributed by atoms with Gasteiger partial charge in [0.1, 0.15) is 9.88 Å². The maximum atomic E-state index is 12.7. The lowest BCUT2D eigenvalue weighted by Gasteiger charge is -2.19. The van der Waals surface area contributed by atoms with Crippen molar-refractivity contribution in [3.8, 4) is 10.6 Å². The zero-order valence-corrected chi connectivity index (χ0v) is 18.7. The van der Waals surface area contributed by atoms with E-state index in [1.54, 1.807) is 13.8 Å². The van der Waals surface area contributed by atoms with Crippen LogP contribution in [0.5, 0.6) is 0 Å². The number of thiazole rings is 1. The van der Waals surface area contributed by atoms with Crippen LogP contribution in [0.3, 0.4) is 0 Å². The van der Waals surface area contributed by atoms with E-state index in [-0.39, 0.29) is 11.8 Å². The molecule has 0 aliphatic rings. The fourth-order valence-corrected chi connectivity index (χ4v) is 4.08. The van der Waals surface area contributed by atoms with Crippen LogP contribution in [0.15, 0.2) is 48.5 Å². The number of nitrogens with zero attached hydrogens (tertiary/aromatic N) is 1. The van der Waals surface area contributed by atoms with E-state index < -0.39 is 12.1 Å². The average molecular weight is 423 g/mol. The second-order valence-corrected chi connectivity index (χ2v) is 8.53. The Morgan fingerprint density at radius 3 is 2.37 bits per heavy atom. The van der Waals surface area contributed by atoms with E-state index in [0.29, 0.717) is 10.6 Å². The van der Waals surface area contributed by atoms with Crippen molar-refractivity contribution < 1.29 is 14.3 Å². The van der Waals surface area contributed by atoms with Crippen LogP contribution in [0.2, 0.25) is 0 Å². The summed E-state index contributed by atoms with van der Waals surface area (Å²) in [5, 5.41) is 3.68. The van der Waals surface area contributed by atoms with Crippen molar-refractivity contribution in [1.82, 2.24) is 4.98 Å². The highest BCUT2D eigenvalue weighted by Crippen LogP contribution is 2.29. The Hall–Kier alpha value is -2.99. The Bertz CT molecular complexity index is 1060. The molecule has 1 N–H and O–H groups in total. The van der Waals surface area contributed by atoms with Crippen LogP contribution < -0.4 is 5.32 Å². The molecule has 3 rings (SSSR count). The molecule has 1 amide bonds. The summed E-state index contributed by atoms with van der Waals surface area (Å²) in [5.74, 6) is -0.636. The van der Waals surface area contributed by atoms with Gasteiger partial charge in [-0.05, 0) is 37.8 Å². The summed E-state index contributed by atoms with van der Waals surface area (Å²) in [5.41, 5.74) is 4.33. The van der Waals surface area contributed by atoms with Crippen molar-refractivity contribution in [2.75, 3.05) is 5.32 Å². The van der Waals surface area contributed by atoms with Gasteiger partial charge in [-0.25, -0.2) is 9.78 Å². The van der Waals surface area contributed by atoms with Crippen LogP contribution in [0.4, 0.5) is 5.69 Å². The van der Waals surface area contributed by atoms with Gasteiger partial charge in [0.05, 0.1) is 5.69 Å². The zero-order chi connectivity index (χ0) is 21.8. The van der Waals surface area contributed by atoms with Crippen molar-refractivity contribution in [2.24, 2.45) is 0 Å². The molecule has 0 spiro atoms. The number of benzene rings is 2. The third kappa shape index (κ3) is 4.76. The molecule has 2 aromatic carbocycles. The van der Waals surface area contributed by atoms with Crippen LogP contribution >= 0.6 is 11.3 Å². The van der Waals surface area contributed by atoms with E-state index in [0.717, 1.165) is 27.4 Å². The van der Waals surface area contributed by atoms with Gasteiger partial charge in [0.2, 0.25) is 0 Å². The van der Waals surface area contributed by atoms with Gasteiger partial charge < -0.3 is 10.1 Å². The lowest BCUT2D eigenvalue weighted by molar-refractivity contribution is -0.123. The molecule has 1 atom stereocenters. The highest BCUT2D eigenvalue weighted by atomic mass is 32.1. The topological polar surface area (TPSA) is 68.3 Å². The third-order valence-electron chi connectivity index (χ3n) is 4.83. The number of ether oxygens (including phenoxy) is 1. The number of aromatic nitrogens is 1. The number of hydrogen-bond acceptors (Lipinski definition) is 5. The van der Waals surface area contributed by atoms with E-state index in [1.807, 2.05) is 55.5 Å². The summed E-state index contributed by atoms with van der Waals surface area (Å²) >= 11 is 1.27. The molecule has 1 heterocycles. The normalized spacial score (nSPS) is 11.9. The van der Waals surface area contributed by atoms with Crippen LogP contribution in [-0.4, -0.2) is 23.0 Å². The monoisotopic (exact) mass is 422 g/mol. The molecular weight excluding hydrogens is 396 g/mol. The van der Waals surface area contributed by atoms with Gasteiger partial charge in [0.25, 0.3) is 5.91 Å². The number of para-hydroxylation sites is 1. The van der Waals surface area contributed by atoms with Crippen LogP contribution in [0, 0.1) is 13.8 Å². The van der Waals surface area contributed by atoms with Crippen molar-refractivity contribution in [3.05, 3.63) is 70.2 Å². The van der Waals surface area contributed by atoms with Gasteiger partial charge in [-0.2, -0.15) is 0 Å². The molecule has 5 nitrogen and oxygen atoms in total. The van der Waals surface area contributed by atoms with Crippen molar-refractivity contribution in [2.45, 2.75) is 46.6 Å². The maximum absolute atomic E-state index is 12.7. The average Bonchev–Trinajstić information content (AvgIpc) is 3.11. The predicted octanol–water partition coefficient (Wildman–Crippen LogP) is 5.73. The molecule has 0 radical (unpaired) electrons. The summed E-state index contributed by atoms with van der Waals surface area (Å²) < 4.78 is 5.46. The molecule has 6 heteroatoms. The Morgan fingerprint density at radius 2 is 1.70 bits per heavy atom. The number of esters is 1. The smallest absolute Gasteiger partial charge is 0.351 e. The Morgan fingerprint density at radius 1 is 1.00 bits per heavy atom. The first-order chi connectivity index (χ1) is 14.3. The van der Waals surface area contributed by atoms with E-state index in [1.165, 1.54) is 11.3 Å². The number of rotatable bonds is 6. The molecule has 0 saturated heterocycles. The minimum Gasteiger partial charge on any atom is -0.448 e. The third-order valence-corrected chi connectivity index (χ3v) is 6.02. The number of carbonyl (C=O) groups is 2. The fourth-order valence-electron chi connectivity index (χ4n) is 3.12. The lowest BCUT2D eigenvalue weighted by atomic mass is 9.98. The van der Waals surface area contributed by atoms with E-state index in [2.05, 4.69) is 24.1 Å². The Kier molecular flexibility index (Phi) is 6.67. The summed E-state index contributed by atoms with van der Waals surface area (Å²) in [6.45, 7) is 9.45. The van der Waals surface area contributed by atoms with Crippen molar-refractivity contribution >= 4 is 28.9 Å². The molecule has 0 aliphatic carbocycles. The number of aryl methyl sites for hydroxylation is 2. The summed E-state index contributed by atoms with van der Waals surface area (Å²) in [7, 11) is 0. The molecule has 0 unspecified atom stereocenters. The first-order valence-electron chi connectivity index (χ1n) is 9.92. The summed E-state index contributed by atoms with van der Waals surface area (Å²) in [4.78, 5) is 30.3. The molecule has 0 aliphatic heterocycles. The van der Waals surface area contributed by atoms with E-state index in [4.69, 9.17) is 4.74 Å². The molecule has 0 fully saturated rings. The largest absolute Gasteiger partial charge is 0.448 e. The van der Waals surface area contributed by atoms with Crippen LogP contribution in [0.1, 0.15) is 53.2 Å². The SMILES string of the molecule is Cc1cccc(C(C)C)c1NC(=O)[C@H](C)OC(=O)c1sc(-c2ccccc2)nc1C. The highest BCUT2D eigenvalue weighted by molar-refractivity contribution is 7.17. The standard InChI is InChI=1S/C24H26N2O3S/c1-14(2)19-13-9-10-15(3)20(19)26-22(27)17(5)29-24(28)21-16(4)25-23(30-21)18-11-7-6-8-12-18/h6-14,17H,1-5H3,(H,26,27)/t17-/m0/s1. The van der Waals surface area contributed by atoms with E-state index in [9.17, 15) is 9.59 Å². The number of carbonyl (C=O) groups excluding carboxylic acids is 2. The second-order valence-electron chi connectivity index (χ2n) is 7.53. The second kappa shape index (κ2) is 9.22. The highest BCUT2D eigenvalue weighted by Gasteiger charge is 2.24. The minimum absolute atomic E-state index is 0.259. The molecule has 0 bridgehead atoms. The van der Waals surface area contributed by atoms with Crippen molar-refractivity contribution in [3.63, 3.8) is 0 Å². The zero-order valence-electron chi connectivity index (χ0n) is 17.9. The Balaban J connectivity index is 1.72. The van der Waals surface area contributed by atoms with Crippen LogP contribution in [0.25, 0.3) is 10.6 Å². The van der Waals surface area contributed by atoms with Gasteiger partial charge in [0.15, 0.2) is 6.10 Å². The number of nitrogens with one attached hydrogen (secondary N) is 1. The quantitative estimate of drug-likeness (QED) is 0.515. The first-order valence-corrected chi connectivity index (χ1v) is 10.7. The van der Waals surface area contributed by atoms with Gasteiger partial charge in [-0.1, -0.05) is 62.4 Å². The predicted molar refractivity (Wildman–Crippen MR) is 121 cm³/mol.